The molecule has 1 aliphatic rings. The molecule has 4 nitrogen and oxygen atoms in total. The van der Waals surface area contributed by atoms with E-state index in [0.29, 0.717) is 12.1 Å². The van der Waals surface area contributed by atoms with Crippen molar-refractivity contribution < 1.29 is 0 Å². The van der Waals surface area contributed by atoms with Crippen LogP contribution in [-0.4, -0.2) is 34.5 Å². The number of nitrogens with one attached hydrogen (secondary N) is 1. The van der Waals surface area contributed by atoms with Crippen LogP contribution in [0.1, 0.15) is 30.0 Å². The Morgan fingerprint density at radius 1 is 1.44 bits per heavy atom. The lowest BCUT2D eigenvalue weighted by Gasteiger charge is -2.36. The zero-order valence-electron chi connectivity index (χ0n) is 11.0. The lowest BCUT2D eigenvalue weighted by atomic mass is 9.90. The van der Waals surface area contributed by atoms with Gasteiger partial charge in [-0.25, -0.2) is 4.98 Å². The average Bonchev–Trinajstić information content (AvgIpc) is 2.78. The van der Waals surface area contributed by atoms with Gasteiger partial charge in [0.05, 0.1) is 17.4 Å². The lowest BCUT2D eigenvalue weighted by molar-refractivity contribution is 0.171. The number of benzene rings is 1. The van der Waals surface area contributed by atoms with Gasteiger partial charge in [0.15, 0.2) is 0 Å². The van der Waals surface area contributed by atoms with Gasteiger partial charge in [0.25, 0.3) is 0 Å². The Labute approximate surface area is 107 Å². The van der Waals surface area contributed by atoms with Crippen LogP contribution < -0.4 is 5.73 Å². The second kappa shape index (κ2) is 4.37. The van der Waals surface area contributed by atoms with Gasteiger partial charge < -0.3 is 10.7 Å². The summed E-state index contributed by atoms with van der Waals surface area (Å²) in [6, 6.07) is 5.14. The maximum absolute atomic E-state index is 6.12. The summed E-state index contributed by atoms with van der Waals surface area (Å²) in [5, 5.41) is 0. The van der Waals surface area contributed by atoms with Crippen LogP contribution in [0.25, 0.3) is 11.0 Å². The monoisotopic (exact) mass is 244 g/mol. The molecule has 2 atom stereocenters. The Balaban J connectivity index is 2.03. The summed E-state index contributed by atoms with van der Waals surface area (Å²) in [4.78, 5) is 9.92. The third-order valence-electron chi connectivity index (χ3n) is 4.08. The average molecular weight is 244 g/mol. The largest absolute Gasteiger partial charge is 0.345 e. The molecular formula is C14H20N4. The minimum atomic E-state index is 0.320. The molecule has 0 amide bonds. The molecule has 0 spiro atoms. The first-order valence-corrected chi connectivity index (χ1v) is 6.54. The van der Waals surface area contributed by atoms with Crippen LogP contribution in [-0.2, 0) is 0 Å². The Morgan fingerprint density at radius 3 is 3.11 bits per heavy atom. The van der Waals surface area contributed by atoms with E-state index in [9.17, 15) is 0 Å². The fourth-order valence-corrected chi connectivity index (χ4v) is 2.94. The Morgan fingerprint density at radius 2 is 2.28 bits per heavy atom. The summed E-state index contributed by atoms with van der Waals surface area (Å²) in [7, 11) is 2.19. The number of fused-ring (bicyclic) bond motifs is 1. The van der Waals surface area contributed by atoms with E-state index in [1.165, 1.54) is 11.1 Å². The van der Waals surface area contributed by atoms with Crippen LogP contribution in [0.4, 0.5) is 0 Å². The molecule has 1 aromatic heterocycles. The number of H-pyrrole nitrogens is 1. The maximum atomic E-state index is 6.12. The molecule has 2 aromatic rings. The molecule has 2 unspecified atom stereocenters. The van der Waals surface area contributed by atoms with Gasteiger partial charge in [0, 0.05) is 12.1 Å². The van der Waals surface area contributed by atoms with Gasteiger partial charge in [0.2, 0.25) is 0 Å². The van der Waals surface area contributed by atoms with Gasteiger partial charge in [0.1, 0.15) is 0 Å². The molecule has 3 rings (SSSR count). The van der Waals surface area contributed by atoms with Crippen LogP contribution in [0.5, 0.6) is 0 Å². The van der Waals surface area contributed by atoms with Gasteiger partial charge in [-0.1, -0.05) is 0 Å². The van der Waals surface area contributed by atoms with E-state index in [1.54, 1.807) is 6.33 Å². The van der Waals surface area contributed by atoms with Gasteiger partial charge in [-0.3, -0.25) is 4.90 Å². The van der Waals surface area contributed by atoms with Crippen LogP contribution in [0.15, 0.2) is 18.5 Å². The van der Waals surface area contributed by atoms with Crippen molar-refractivity contribution in [2.24, 2.45) is 5.73 Å². The number of hydrogen-bond acceptors (Lipinski definition) is 3. The predicted octanol–water partition coefficient (Wildman–Crippen LogP) is 1.97. The predicted molar refractivity (Wildman–Crippen MR) is 73.4 cm³/mol. The normalized spacial score (nSPS) is 25.7. The summed E-state index contributed by atoms with van der Waals surface area (Å²) in [5.74, 6) is 0. The smallest absolute Gasteiger partial charge is 0.0931 e. The summed E-state index contributed by atoms with van der Waals surface area (Å²) >= 11 is 0. The number of piperidine rings is 1. The fraction of sp³-hybridized carbons (Fsp3) is 0.500. The van der Waals surface area contributed by atoms with Gasteiger partial charge >= 0.3 is 0 Å². The van der Waals surface area contributed by atoms with Crippen LogP contribution in [0.2, 0.25) is 0 Å². The second-order valence-corrected chi connectivity index (χ2v) is 5.41. The highest BCUT2D eigenvalue weighted by Gasteiger charge is 2.26. The number of nitrogens with two attached hydrogens (primary N) is 1. The van der Waals surface area contributed by atoms with Crippen LogP contribution >= 0.6 is 0 Å². The molecule has 1 aliphatic heterocycles. The molecule has 18 heavy (non-hydrogen) atoms. The Hall–Kier alpha value is -1.39. The summed E-state index contributed by atoms with van der Waals surface area (Å²) in [5.41, 5.74) is 11.0. The van der Waals surface area contributed by atoms with Crippen molar-refractivity contribution in [3.63, 3.8) is 0 Å². The molecule has 0 bridgehead atoms. The molecule has 0 radical (unpaired) electrons. The number of imidazole rings is 1. The van der Waals surface area contributed by atoms with E-state index in [-0.39, 0.29) is 0 Å². The molecule has 1 saturated heterocycles. The quantitative estimate of drug-likeness (QED) is 0.806. The van der Waals surface area contributed by atoms with Gasteiger partial charge in [-0.15, -0.1) is 0 Å². The van der Waals surface area contributed by atoms with Crippen molar-refractivity contribution in [1.29, 1.82) is 0 Å². The number of likely N-dealkylation sites (tertiary alicyclic amines) is 1. The fourth-order valence-electron chi connectivity index (χ4n) is 2.94. The maximum Gasteiger partial charge on any atom is 0.0931 e. The number of aromatic nitrogens is 2. The topological polar surface area (TPSA) is 57.9 Å². The van der Waals surface area contributed by atoms with Crippen molar-refractivity contribution in [1.82, 2.24) is 14.9 Å². The SMILES string of the molecule is Cc1cc2[nH]cnc2cc1C1CC(N)CCN1C. The summed E-state index contributed by atoms with van der Waals surface area (Å²) in [6.45, 7) is 3.24. The third kappa shape index (κ3) is 1.91. The number of aryl methyl sites for hydroxylation is 1. The van der Waals surface area contributed by atoms with Crippen molar-refractivity contribution in [3.05, 3.63) is 29.6 Å². The molecule has 2 heterocycles. The first-order valence-electron chi connectivity index (χ1n) is 6.54. The minimum Gasteiger partial charge on any atom is -0.345 e. The lowest BCUT2D eigenvalue weighted by Crippen LogP contribution is -2.40. The molecule has 0 aliphatic carbocycles. The van der Waals surface area contributed by atoms with Crippen molar-refractivity contribution in [2.75, 3.05) is 13.6 Å². The van der Waals surface area contributed by atoms with E-state index in [1.807, 2.05) is 0 Å². The minimum absolute atomic E-state index is 0.320. The highest BCUT2D eigenvalue weighted by molar-refractivity contribution is 5.76. The first-order chi connectivity index (χ1) is 8.65. The van der Waals surface area contributed by atoms with Crippen molar-refractivity contribution in [2.45, 2.75) is 31.8 Å². The molecule has 4 heteroatoms. The molecule has 0 saturated carbocycles. The highest BCUT2D eigenvalue weighted by atomic mass is 15.1. The van der Waals surface area contributed by atoms with E-state index < -0.39 is 0 Å². The van der Waals surface area contributed by atoms with Gasteiger partial charge in [-0.2, -0.15) is 0 Å². The van der Waals surface area contributed by atoms with Gasteiger partial charge in [-0.05, 0) is 56.6 Å². The van der Waals surface area contributed by atoms with E-state index >= 15 is 0 Å². The number of aromatic amines is 1. The molecule has 1 aromatic carbocycles. The van der Waals surface area contributed by atoms with Crippen LogP contribution in [0, 0.1) is 6.92 Å². The Bertz CT molecular complexity index is 560. The standard InChI is InChI=1S/C14H20N4/c1-9-5-12-13(17-8-16-12)7-11(9)14-6-10(15)3-4-18(14)2/h5,7-8,10,14H,3-4,6,15H2,1-2H3,(H,16,17). The Kier molecular flexibility index (Phi) is 2.84. The zero-order valence-corrected chi connectivity index (χ0v) is 11.0. The molecule has 3 N–H and O–H groups in total. The number of nitrogens with zero attached hydrogens (tertiary/aromatic N) is 2. The third-order valence-corrected chi connectivity index (χ3v) is 4.08. The molecule has 1 fully saturated rings. The molecule has 96 valence electrons. The summed E-state index contributed by atoms with van der Waals surface area (Å²) in [6.07, 6.45) is 3.88. The summed E-state index contributed by atoms with van der Waals surface area (Å²) < 4.78 is 0. The zero-order chi connectivity index (χ0) is 12.7. The van der Waals surface area contributed by atoms with E-state index in [0.717, 1.165) is 30.4 Å². The van der Waals surface area contributed by atoms with Crippen molar-refractivity contribution >= 4 is 11.0 Å². The van der Waals surface area contributed by atoms with E-state index in [2.05, 4.69) is 41.0 Å². The highest BCUT2D eigenvalue weighted by Crippen LogP contribution is 2.32. The van der Waals surface area contributed by atoms with Crippen molar-refractivity contribution in [3.8, 4) is 0 Å². The second-order valence-electron chi connectivity index (χ2n) is 5.41. The number of rotatable bonds is 1. The molecular weight excluding hydrogens is 224 g/mol. The van der Waals surface area contributed by atoms with Crippen LogP contribution in [0.3, 0.4) is 0 Å². The van der Waals surface area contributed by atoms with E-state index in [4.69, 9.17) is 5.73 Å². The first kappa shape index (κ1) is 11.7. The number of hydrogen-bond donors (Lipinski definition) is 2.